The van der Waals surface area contributed by atoms with Crippen LogP contribution in [-0.4, -0.2) is 38.8 Å². The molecule has 0 bridgehead atoms. The average Bonchev–Trinajstić information content (AvgIpc) is 3.12. The van der Waals surface area contributed by atoms with E-state index in [1.54, 1.807) is 54.5 Å². The van der Waals surface area contributed by atoms with Crippen molar-refractivity contribution < 1.29 is 23.8 Å². The van der Waals surface area contributed by atoms with Crippen LogP contribution in [-0.2, 0) is 4.79 Å². The standard InChI is InChI=1S/C19H20N2O5/c1-13(22)21(15-5-8-17-18(11-15)26-12-25-17)10-9-20-19(23)14-3-6-16(24-2)7-4-14/h3-8,11H,9-10,12H2,1-2H3,(H,20,23). The molecule has 0 saturated heterocycles. The molecule has 26 heavy (non-hydrogen) atoms. The highest BCUT2D eigenvalue weighted by Gasteiger charge is 2.18. The summed E-state index contributed by atoms with van der Waals surface area (Å²) in [6, 6.07) is 12.1. The van der Waals surface area contributed by atoms with Crippen molar-refractivity contribution in [2.45, 2.75) is 6.92 Å². The van der Waals surface area contributed by atoms with Crippen LogP contribution in [0.15, 0.2) is 42.5 Å². The van der Waals surface area contributed by atoms with E-state index < -0.39 is 0 Å². The normalized spacial score (nSPS) is 11.8. The minimum atomic E-state index is -0.207. The van der Waals surface area contributed by atoms with Crippen LogP contribution in [0.1, 0.15) is 17.3 Å². The SMILES string of the molecule is COc1ccc(C(=O)NCCN(C(C)=O)c2ccc3c(c2)OCO3)cc1. The van der Waals surface area contributed by atoms with E-state index in [4.69, 9.17) is 14.2 Å². The van der Waals surface area contributed by atoms with Gasteiger partial charge in [0.1, 0.15) is 5.75 Å². The van der Waals surface area contributed by atoms with Crippen LogP contribution in [0, 0.1) is 0 Å². The van der Waals surface area contributed by atoms with Gasteiger partial charge in [0, 0.05) is 37.3 Å². The fourth-order valence-corrected chi connectivity index (χ4v) is 2.65. The first-order chi connectivity index (χ1) is 12.6. The predicted molar refractivity (Wildman–Crippen MR) is 95.9 cm³/mol. The number of methoxy groups -OCH3 is 1. The highest BCUT2D eigenvalue weighted by Crippen LogP contribution is 2.35. The Kier molecular flexibility index (Phi) is 5.26. The summed E-state index contributed by atoms with van der Waals surface area (Å²) >= 11 is 0. The van der Waals surface area contributed by atoms with Crippen LogP contribution >= 0.6 is 0 Å². The number of nitrogens with one attached hydrogen (secondary N) is 1. The molecule has 0 atom stereocenters. The lowest BCUT2D eigenvalue weighted by Gasteiger charge is -2.21. The molecule has 3 rings (SSSR count). The van der Waals surface area contributed by atoms with Crippen LogP contribution in [0.5, 0.6) is 17.2 Å². The largest absolute Gasteiger partial charge is 0.497 e. The number of ether oxygens (including phenoxy) is 3. The van der Waals surface area contributed by atoms with Gasteiger partial charge in [0.05, 0.1) is 7.11 Å². The van der Waals surface area contributed by atoms with Crippen molar-refractivity contribution in [1.82, 2.24) is 5.32 Å². The van der Waals surface area contributed by atoms with Crippen molar-refractivity contribution in [3.05, 3.63) is 48.0 Å². The molecule has 2 aromatic carbocycles. The topological polar surface area (TPSA) is 77.1 Å². The molecule has 0 fully saturated rings. The smallest absolute Gasteiger partial charge is 0.251 e. The van der Waals surface area contributed by atoms with Gasteiger partial charge >= 0.3 is 0 Å². The molecule has 2 amide bonds. The first kappa shape index (κ1) is 17.6. The number of anilines is 1. The first-order valence-electron chi connectivity index (χ1n) is 8.18. The third-order valence-corrected chi connectivity index (χ3v) is 4.02. The molecule has 1 N–H and O–H groups in total. The van der Waals surface area contributed by atoms with Crippen LogP contribution in [0.3, 0.4) is 0 Å². The minimum Gasteiger partial charge on any atom is -0.497 e. The number of amides is 2. The van der Waals surface area contributed by atoms with E-state index in [-0.39, 0.29) is 18.6 Å². The minimum absolute atomic E-state index is 0.123. The first-order valence-corrected chi connectivity index (χ1v) is 8.18. The molecule has 7 heteroatoms. The van der Waals surface area contributed by atoms with Crippen LogP contribution < -0.4 is 24.4 Å². The lowest BCUT2D eigenvalue weighted by Crippen LogP contribution is -2.37. The van der Waals surface area contributed by atoms with Gasteiger partial charge in [-0.1, -0.05) is 0 Å². The molecule has 7 nitrogen and oxygen atoms in total. The maximum atomic E-state index is 12.2. The zero-order valence-electron chi connectivity index (χ0n) is 14.7. The molecule has 136 valence electrons. The number of hydrogen-bond donors (Lipinski definition) is 1. The summed E-state index contributed by atoms with van der Waals surface area (Å²) in [5.41, 5.74) is 1.23. The van der Waals surface area contributed by atoms with E-state index in [9.17, 15) is 9.59 Å². The van der Waals surface area contributed by atoms with Crippen molar-refractivity contribution in [1.29, 1.82) is 0 Å². The van der Waals surface area contributed by atoms with Crippen LogP contribution in [0.2, 0.25) is 0 Å². The summed E-state index contributed by atoms with van der Waals surface area (Å²) in [5, 5.41) is 2.81. The Labute approximate surface area is 151 Å². The lowest BCUT2D eigenvalue weighted by molar-refractivity contribution is -0.116. The van der Waals surface area contributed by atoms with Gasteiger partial charge in [0.2, 0.25) is 12.7 Å². The highest BCUT2D eigenvalue weighted by molar-refractivity contribution is 5.95. The molecule has 0 unspecified atom stereocenters. The van der Waals surface area contributed by atoms with Gasteiger partial charge < -0.3 is 24.4 Å². The second kappa shape index (κ2) is 7.77. The quantitative estimate of drug-likeness (QED) is 0.859. The van der Waals surface area contributed by atoms with Gasteiger partial charge in [-0.05, 0) is 36.4 Å². The monoisotopic (exact) mass is 356 g/mol. The Hall–Kier alpha value is -3.22. The van der Waals surface area contributed by atoms with Crippen molar-refractivity contribution in [2.24, 2.45) is 0 Å². The molecular weight excluding hydrogens is 336 g/mol. The molecule has 1 aliphatic heterocycles. The fourth-order valence-electron chi connectivity index (χ4n) is 2.65. The van der Waals surface area contributed by atoms with Gasteiger partial charge in [-0.25, -0.2) is 0 Å². The molecule has 0 aromatic heterocycles. The molecular formula is C19H20N2O5. The molecule has 0 spiro atoms. The van der Waals surface area contributed by atoms with E-state index >= 15 is 0 Å². The average molecular weight is 356 g/mol. The molecule has 2 aromatic rings. The van der Waals surface area contributed by atoms with Crippen LogP contribution in [0.4, 0.5) is 5.69 Å². The fraction of sp³-hybridized carbons (Fsp3) is 0.263. The van der Waals surface area contributed by atoms with E-state index in [2.05, 4.69) is 5.32 Å². The van der Waals surface area contributed by atoms with E-state index in [1.165, 1.54) is 6.92 Å². The zero-order chi connectivity index (χ0) is 18.5. The third kappa shape index (κ3) is 3.88. The molecule has 1 heterocycles. The number of rotatable bonds is 6. The predicted octanol–water partition coefficient (Wildman–Crippen LogP) is 2.21. The molecule has 0 saturated carbocycles. The maximum absolute atomic E-state index is 12.2. The van der Waals surface area contributed by atoms with Gasteiger partial charge in [-0.3, -0.25) is 9.59 Å². The number of carbonyl (C=O) groups is 2. The number of carbonyl (C=O) groups excluding carboxylic acids is 2. The molecule has 0 aliphatic carbocycles. The van der Waals surface area contributed by atoms with E-state index in [1.807, 2.05) is 0 Å². The second-order valence-electron chi connectivity index (χ2n) is 5.69. The summed E-state index contributed by atoms with van der Waals surface area (Å²) < 4.78 is 15.7. The van der Waals surface area contributed by atoms with Crippen molar-refractivity contribution >= 4 is 17.5 Å². The van der Waals surface area contributed by atoms with Crippen molar-refractivity contribution in [2.75, 3.05) is 31.9 Å². The van der Waals surface area contributed by atoms with E-state index in [0.29, 0.717) is 41.6 Å². The Morgan fingerprint density at radius 3 is 2.54 bits per heavy atom. The number of benzene rings is 2. The van der Waals surface area contributed by atoms with Crippen molar-refractivity contribution in [3.8, 4) is 17.2 Å². The maximum Gasteiger partial charge on any atom is 0.251 e. The zero-order valence-corrected chi connectivity index (χ0v) is 14.7. The van der Waals surface area contributed by atoms with Gasteiger partial charge in [0.15, 0.2) is 11.5 Å². The third-order valence-electron chi connectivity index (χ3n) is 4.02. The summed E-state index contributed by atoms with van der Waals surface area (Å²) in [6.07, 6.45) is 0. The number of nitrogens with zero attached hydrogens (tertiary/aromatic N) is 1. The Morgan fingerprint density at radius 2 is 1.85 bits per heavy atom. The van der Waals surface area contributed by atoms with Crippen LogP contribution in [0.25, 0.3) is 0 Å². The Balaban J connectivity index is 1.60. The Bertz CT molecular complexity index is 804. The lowest BCUT2D eigenvalue weighted by atomic mass is 10.2. The summed E-state index contributed by atoms with van der Waals surface area (Å²) in [5.74, 6) is 1.62. The highest BCUT2D eigenvalue weighted by atomic mass is 16.7. The van der Waals surface area contributed by atoms with Gasteiger partial charge in [-0.15, -0.1) is 0 Å². The summed E-state index contributed by atoms with van der Waals surface area (Å²) in [7, 11) is 1.57. The number of hydrogen-bond acceptors (Lipinski definition) is 5. The summed E-state index contributed by atoms with van der Waals surface area (Å²) in [6.45, 7) is 2.32. The molecule has 1 aliphatic rings. The molecule has 0 radical (unpaired) electrons. The van der Waals surface area contributed by atoms with Gasteiger partial charge in [-0.2, -0.15) is 0 Å². The second-order valence-corrected chi connectivity index (χ2v) is 5.69. The number of fused-ring (bicyclic) bond motifs is 1. The van der Waals surface area contributed by atoms with E-state index in [0.717, 1.165) is 0 Å². The summed E-state index contributed by atoms with van der Waals surface area (Å²) in [4.78, 5) is 25.8. The Morgan fingerprint density at radius 1 is 1.12 bits per heavy atom. The van der Waals surface area contributed by atoms with Gasteiger partial charge in [0.25, 0.3) is 5.91 Å². The van der Waals surface area contributed by atoms with Crippen molar-refractivity contribution in [3.63, 3.8) is 0 Å².